The van der Waals surface area contributed by atoms with Crippen molar-refractivity contribution in [2.24, 2.45) is 11.8 Å². The molecule has 2 N–H and O–H groups in total. The highest BCUT2D eigenvalue weighted by atomic mass is 19.1. The van der Waals surface area contributed by atoms with E-state index in [-0.39, 0.29) is 36.4 Å². The van der Waals surface area contributed by atoms with Crippen LogP contribution in [0.4, 0.5) is 4.39 Å². The fourth-order valence-electron chi connectivity index (χ4n) is 4.41. The number of hydrogen-bond donors (Lipinski definition) is 2. The lowest BCUT2D eigenvalue weighted by molar-refractivity contribution is -0.140. The third-order valence-electron chi connectivity index (χ3n) is 5.95. The molecule has 2 rings (SSSR count). The van der Waals surface area contributed by atoms with Gasteiger partial charge in [0.1, 0.15) is 12.3 Å². The predicted molar refractivity (Wildman–Crippen MR) is 101 cm³/mol. The van der Waals surface area contributed by atoms with Crippen LogP contribution in [0.3, 0.4) is 0 Å². The lowest BCUT2D eigenvalue weighted by Gasteiger charge is -2.24. The maximum Gasteiger partial charge on any atom is 0.305 e. The van der Waals surface area contributed by atoms with E-state index in [4.69, 9.17) is 4.74 Å². The molecule has 1 aliphatic carbocycles. The fourth-order valence-corrected chi connectivity index (χ4v) is 4.41. The molecule has 156 valence electrons. The van der Waals surface area contributed by atoms with E-state index < -0.39 is 18.4 Å². The van der Waals surface area contributed by atoms with Crippen LogP contribution in [0.5, 0.6) is 0 Å². The highest BCUT2D eigenvalue weighted by molar-refractivity contribution is 5.69. The molecule has 1 saturated carbocycles. The van der Waals surface area contributed by atoms with Crippen LogP contribution < -0.4 is 0 Å². The van der Waals surface area contributed by atoms with E-state index in [1.54, 1.807) is 12.2 Å². The number of allylic oxidation sites excluding steroid dienone is 1. The first-order valence-corrected chi connectivity index (χ1v) is 10.4. The van der Waals surface area contributed by atoms with Gasteiger partial charge in [-0.05, 0) is 31.6 Å². The number of ether oxygens (including phenoxy) is 2. The number of halogens is 1. The zero-order valence-electron chi connectivity index (χ0n) is 16.6. The van der Waals surface area contributed by atoms with Crippen molar-refractivity contribution in [2.75, 3.05) is 7.11 Å². The molecule has 1 saturated heterocycles. The number of rotatable bonds is 11. The average Bonchev–Trinajstić information content (AvgIpc) is 3.12. The summed E-state index contributed by atoms with van der Waals surface area (Å²) in [5, 5.41) is 20.5. The van der Waals surface area contributed by atoms with Gasteiger partial charge in [0.25, 0.3) is 0 Å². The Bertz CT molecular complexity index is 483. The van der Waals surface area contributed by atoms with E-state index in [1.165, 1.54) is 7.11 Å². The number of carbonyl (C=O) groups is 1. The summed E-state index contributed by atoms with van der Waals surface area (Å²) >= 11 is 0. The summed E-state index contributed by atoms with van der Waals surface area (Å²) in [6.07, 6.45) is 6.88. The number of alkyl halides is 1. The van der Waals surface area contributed by atoms with Crippen LogP contribution in [0.15, 0.2) is 12.2 Å². The summed E-state index contributed by atoms with van der Waals surface area (Å²) in [5.74, 6) is -0.779. The zero-order chi connectivity index (χ0) is 19.8. The first-order chi connectivity index (χ1) is 13.0. The number of aliphatic hydroxyl groups excluding tert-OH is 2. The molecule has 0 aromatic rings. The van der Waals surface area contributed by atoms with Crippen molar-refractivity contribution in [1.29, 1.82) is 0 Å². The van der Waals surface area contributed by atoms with E-state index in [2.05, 4.69) is 11.7 Å². The van der Waals surface area contributed by atoms with Crippen molar-refractivity contribution in [3.63, 3.8) is 0 Å². The van der Waals surface area contributed by atoms with E-state index in [0.717, 1.165) is 25.7 Å². The minimum atomic E-state index is -1.16. The van der Waals surface area contributed by atoms with E-state index >= 15 is 0 Å². The fraction of sp³-hybridized carbons (Fsp3) is 0.857. The van der Waals surface area contributed by atoms with Crippen LogP contribution in [0.1, 0.15) is 64.7 Å². The van der Waals surface area contributed by atoms with Crippen LogP contribution in [0.25, 0.3) is 0 Å². The van der Waals surface area contributed by atoms with Crippen LogP contribution in [0, 0.1) is 11.8 Å². The quantitative estimate of drug-likeness (QED) is 0.324. The summed E-state index contributed by atoms with van der Waals surface area (Å²) in [6, 6.07) is 0. The van der Waals surface area contributed by atoms with Gasteiger partial charge in [-0.3, -0.25) is 4.79 Å². The number of esters is 1. The molecule has 2 aliphatic rings. The lowest BCUT2D eigenvalue weighted by Crippen LogP contribution is -2.30. The van der Waals surface area contributed by atoms with Crippen molar-refractivity contribution >= 4 is 5.97 Å². The molecule has 0 amide bonds. The normalized spacial score (nSPS) is 34.1. The second-order valence-corrected chi connectivity index (χ2v) is 7.90. The van der Waals surface area contributed by atoms with Crippen LogP contribution in [0.2, 0.25) is 0 Å². The maximum absolute atomic E-state index is 15.0. The average molecular weight is 387 g/mol. The van der Waals surface area contributed by atoms with Crippen LogP contribution >= 0.6 is 0 Å². The van der Waals surface area contributed by atoms with Crippen LogP contribution in [-0.4, -0.2) is 53.9 Å². The molecule has 27 heavy (non-hydrogen) atoms. The van der Waals surface area contributed by atoms with E-state index in [9.17, 15) is 19.4 Å². The second-order valence-electron chi connectivity index (χ2n) is 7.90. The van der Waals surface area contributed by atoms with Crippen LogP contribution in [-0.2, 0) is 14.3 Å². The maximum atomic E-state index is 15.0. The Labute approximate surface area is 161 Å². The molecule has 2 fully saturated rings. The molecule has 7 atom stereocenters. The number of hydrogen-bond acceptors (Lipinski definition) is 5. The van der Waals surface area contributed by atoms with Gasteiger partial charge in [0.05, 0.1) is 25.4 Å². The molecule has 0 spiro atoms. The van der Waals surface area contributed by atoms with Gasteiger partial charge in [0.15, 0.2) is 0 Å². The lowest BCUT2D eigenvalue weighted by atomic mass is 9.84. The van der Waals surface area contributed by atoms with Crippen molar-refractivity contribution in [3.8, 4) is 0 Å². The number of fused-ring (bicyclic) bond motifs is 1. The Morgan fingerprint density at radius 2 is 2.15 bits per heavy atom. The summed E-state index contributed by atoms with van der Waals surface area (Å²) in [7, 11) is 1.34. The Kier molecular flexibility index (Phi) is 9.19. The van der Waals surface area contributed by atoms with Gasteiger partial charge in [-0.1, -0.05) is 38.3 Å². The second kappa shape index (κ2) is 11.1. The first kappa shape index (κ1) is 22.3. The van der Waals surface area contributed by atoms with E-state index in [1.807, 2.05) is 0 Å². The number of unbranched alkanes of at least 4 members (excludes halogenated alkanes) is 2. The largest absolute Gasteiger partial charge is 0.469 e. The molecule has 1 heterocycles. The number of carbonyl (C=O) groups excluding carboxylic acids is 1. The third-order valence-corrected chi connectivity index (χ3v) is 5.95. The monoisotopic (exact) mass is 386 g/mol. The van der Waals surface area contributed by atoms with Crippen molar-refractivity contribution in [1.82, 2.24) is 0 Å². The van der Waals surface area contributed by atoms with Gasteiger partial charge in [-0.2, -0.15) is 0 Å². The number of aliphatic hydroxyl groups is 2. The molecule has 1 aliphatic heterocycles. The standard InChI is InChI=1S/C21H35FO5/c1-3-4-5-8-14(23)11-12-15-16(24)13-18-20(15)21(22)17(27-18)9-6-7-10-19(25)26-2/h6,9,14-18,20-21,23-24H,3-5,7-8,10-13H2,1-2H3/t14-,15-,16+,17?,18+,20+,21+/m0/s1. The topological polar surface area (TPSA) is 76.0 Å². The minimum Gasteiger partial charge on any atom is -0.469 e. The Morgan fingerprint density at radius 1 is 1.37 bits per heavy atom. The number of methoxy groups -OCH3 is 1. The predicted octanol–water partition coefficient (Wildman–Crippen LogP) is 3.32. The SMILES string of the molecule is CCCCC[C@H](O)CC[C@@H]1[C@H]2[C@H](F)C(C=CCCC(=O)OC)O[C@@H]2C[C@H]1O. The van der Waals surface area contributed by atoms with Gasteiger partial charge in [0, 0.05) is 18.8 Å². The van der Waals surface area contributed by atoms with Crippen molar-refractivity contribution in [3.05, 3.63) is 12.2 Å². The molecule has 0 aromatic carbocycles. The molecule has 1 unspecified atom stereocenters. The summed E-state index contributed by atoms with van der Waals surface area (Å²) in [6.45, 7) is 2.13. The molecular formula is C21H35FO5. The summed E-state index contributed by atoms with van der Waals surface area (Å²) in [5.41, 5.74) is 0. The summed E-state index contributed by atoms with van der Waals surface area (Å²) < 4.78 is 25.3. The molecule has 0 aromatic heterocycles. The molecule has 0 radical (unpaired) electrons. The van der Waals surface area contributed by atoms with Gasteiger partial charge in [-0.25, -0.2) is 4.39 Å². The molecule has 5 nitrogen and oxygen atoms in total. The molecule has 6 heteroatoms. The smallest absolute Gasteiger partial charge is 0.305 e. The molecule has 0 bridgehead atoms. The first-order valence-electron chi connectivity index (χ1n) is 10.4. The Hall–Kier alpha value is -0.980. The van der Waals surface area contributed by atoms with Gasteiger partial charge >= 0.3 is 5.97 Å². The molecular weight excluding hydrogens is 351 g/mol. The Morgan fingerprint density at radius 3 is 2.85 bits per heavy atom. The van der Waals surface area contributed by atoms with Gasteiger partial charge in [-0.15, -0.1) is 0 Å². The summed E-state index contributed by atoms with van der Waals surface area (Å²) in [4.78, 5) is 11.1. The van der Waals surface area contributed by atoms with Crippen molar-refractivity contribution in [2.45, 2.75) is 95.3 Å². The van der Waals surface area contributed by atoms with Crippen molar-refractivity contribution < 1.29 is 28.9 Å². The zero-order valence-corrected chi connectivity index (χ0v) is 16.6. The minimum absolute atomic E-state index is 0.167. The Balaban J connectivity index is 1.82. The highest BCUT2D eigenvalue weighted by Gasteiger charge is 2.54. The van der Waals surface area contributed by atoms with Gasteiger partial charge < -0.3 is 19.7 Å². The van der Waals surface area contributed by atoms with E-state index in [0.29, 0.717) is 25.7 Å². The third kappa shape index (κ3) is 6.26. The van der Waals surface area contributed by atoms with Gasteiger partial charge in [0.2, 0.25) is 0 Å². The highest BCUT2D eigenvalue weighted by Crippen LogP contribution is 2.47.